The Kier molecular flexibility index (Phi) is 6.16. The molecule has 0 bridgehead atoms. The van der Waals surface area contributed by atoms with E-state index < -0.39 is 0 Å². The molecule has 31 heavy (non-hydrogen) atoms. The van der Waals surface area contributed by atoms with Crippen LogP contribution in [-0.2, 0) is 9.59 Å². The van der Waals surface area contributed by atoms with Crippen molar-refractivity contribution in [3.05, 3.63) is 24.3 Å². The Morgan fingerprint density at radius 3 is 2.45 bits per heavy atom. The van der Waals surface area contributed by atoms with Crippen molar-refractivity contribution in [1.82, 2.24) is 0 Å². The molecule has 0 amide bonds. The summed E-state index contributed by atoms with van der Waals surface area (Å²) in [4.78, 5) is 25.4. The molecule has 0 unspecified atom stereocenters. The highest BCUT2D eigenvalue weighted by Gasteiger charge is 2.62. The summed E-state index contributed by atoms with van der Waals surface area (Å²) in [6.45, 7) is 15.9. The average molecular weight is 425 g/mol. The van der Waals surface area contributed by atoms with Crippen molar-refractivity contribution in [1.29, 1.82) is 0 Å². The molecule has 4 aliphatic carbocycles. The molecular formula is C29H44O2. The molecule has 0 aromatic carbocycles. The third kappa shape index (κ3) is 3.70. The van der Waals surface area contributed by atoms with Crippen molar-refractivity contribution in [2.45, 2.75) is 92.4 Å². The molecule has 9 atom stereocenters. The predicted molar refractivity (Wildman–Crippen MR) is 128 cm³/mol. The molecule has 2 nitrogen and oxygen atoms in total. The summed E-state index contributed by atoms with van der Waals surface area (Å²) in [5, 5.41) is 0. The molecule has 0 spiro atoms. The van der Waals surface area contributed by atoms with E-state index in [4.69, 9.17) is 0 Å². The fourth-order valence-electron chi connectivity index (χ4n) is 8.83. The number of rotatable bonds is 5. The van der Waals surface area contributed by atoms with Crippen LogP contribution in [0, 0.1) is 52.3 Å². The fraction of sp³-hybridized carbons (Fsp3) is 0.793. The van der Waals surface area contributed by atoms with Gasteiger partial charge in [0.25, 0.3) is 0 Å². The third-order valence-corrected chi connectivity index (χ3v) is 10.7. The average Bonchev–Trinajstić information content (AvgIpc) is 3.07. The van der Waals surface area contributed by atoms with Crippen LogP contribution in [0.4, 0.5) is 0 Å². The lowest BCUT2D eigenvalue weighted by atomic mass is 9.44. The Morgan fingerprint density at radius 2 is 1.77 bits per heavy atom. The van der Waals surface area contributed by atoms with E-state index in [9.17, 15) is 9.59 Å². The van der Waals surface area contributed by atoms with Crippen LogP contribution in [0.1, 0.15) is 92.4 Å². The highest BCUT2D eigenvalue weighted by molar-refractivity contribution is 5.90. The van der Waals surface area contributed by atoms with E-state index in [2.05, 4.69) is 53.3 Å². The van der Waals surface area contributed by atoms with E-state index in [-0.39, 0.29) is 11.3 Å². The molecule has 172 valence electrons. The molecule has 4 fully saturated rings. The van der Waals surface area contributed by atoms with Crippen molar-refractivity contribution < 1.29 is 9.59 Å². The molecule has 0 aromatic heterocycles. The van der Waals surface area contributed by atoms with E-state index in [1.807, 2.05) is 0 Å². The summed E-state index contributed by atoms with van der Waals surface area (Å²) in [7, 11) is 0. The second-order valence-electron chi connectivity index (χ2n) is 12.2. The Bertz CT molecular complexity index is 778. The zero-order valence-electron chi connectivity index (χ0n) is 20.6. The van der Waals surface area contributed by atoms with Gasteiger partial charge in [0.1, 0.15) is 11.6 Å². The lowest BCUT2D eigenvalue weighted by molar-refractivity contribution is -0.158. The van der Waals surface area contributed by atoms with Gasteiger partial charge in [0.15, 0.2) is 0 Å². The molecule has 0 heterocycles. The van der Waals surface area contributed by atoms with Crippen LogP contribution in [-0.4, -0.2) is 11.6 Å². The Balaban J connectivity index is 1.54. The standard InChI is InChI=1S/C29H44O2/c1-7-20(18(2)3)9-8-19(4)23-10-11-24-22-17-27(31)26-16-21(30)12-14-29(26,6)25(22)13-15-28(23,24)5/h8-9,19-20,22-26H,2,7,10-17H2,1,3-6H3/t19-,20-,22+,23-,24+,25+,26+,28-,29-/m1/s1. The summed E-state index contributed by atoms with van der Waals surface area (Å²) >= 11 is 0. The molecule has 0 radical (unpaired) electrons. The smallest absolute Gasteiger partial charge is 0.137 e. The van der Waals surface area contributed by atoms with Crippen molar-refractivity contribution in [2.24, 2.45) is 52.3 Å². The normalized spacial score (nSPS) is 44.5. The molecule has 4 aliphatic rings. The van der Waals surface area contributed by atoms with Gasteiger partial charge < -0.3 is 0 Å². The minimum Gasteiger partial charge on any atom is -0.300 e. The first-order valence-electron chi connectivity index (χ1n) is 13.0. The number of ketones is 2. The maximum absolute atomic E-state index is 13.2. The lowest BCUT2D eigenvalue weighted by Gasteiger charge is -2.59. The second kappa shape index (κ2) is 8.31. The molecule has 4 rings (SSSR count). The highest BCUT2D eigenvalue weighted by atomic mass is 16.1. The van der Waals surface area contributed by atoms with Gasteiger partial charge in [-0.1, -0.05) is 52.0 Å². The molecular weight excluding hydrogens is 380 g/mol. The minimum atomic E-state index is 0.00605. The number of fused-ring (bicyclic) bond motifs is 5. The fourth-order valence-corrected chi connectivity index (χ4v) is 8.83. The van der Waals surface area contributed by atoms with Gasteiger partial charge >= 0.3 is 0 Å². The van der Waals surface area contributed by atoms with Crippen molar-refractivity contribution in [3.63, 3.8) is 0 Å². The maximum atomic E-state index is 13.2. The van der Waals surface area contributed by atoms with Gasteiger partial charge in [-0.2, -0.15) is 0 Å². The summed E-state index contributed by atoms with van der Waals surface area (Å²) in [5.41, 5.74) is 1.68. The van der Waals surface area contributed by atoms with Gasteiger partial charge in [-0.15, -0.1) is 0 Å². The van der Waals surface area contributed by atoms with Crippen LogP contribution in [0.2, 0.25) is 0 Å². The van der Waals surface area contributed by atoms with Crippen LogP contribution >= 0.6 is 0 Å². The van der Waals surface area contributed by atoms with Crippen LogP contribution in [0.25, 0.3) is 0 Å². The van der Waals surface area contributed by atoms with E-state index in [0.29, 0.717) is 65.3 Å². The van der Waals surface area contributed by atoms with Crippen LogP contribution in [0.3, 0.4) is 0 Å². The van der Waals surface area contributed by atoms with Crippen molar-refractivity contribution in [2.75, 3.05) is 0 Å². The summed E-state index contributed by atoms with van der Waals surface area (Å²) in [6, 6.07) is 0. The largest absolute Gasteiger partial charge is 0.300 e. The Hall–Kier alpha value is -1.18. The SMILES string of the molecule is C=C(C)[C@@H](C=C[C@@H](C)[C@H]1CC[C@H]2[C@@H]3CC(=O)[C@@H]4CC(=O)CC[C@]4(C)[C@H]3CC[C@]12C)CC. The first-order chi connectivity index (χ1) is 14.6. The van der Waals surface area contributed by atoms with E-state index in [1.54, 1.807) is 0 Å². The molecule has 0 aromatic rings. The Morgan fingerprint density at radius 1 is 1.06 bits per heavy atom. The first kappa shape index (κ1) is 23.0. The lowest BCUT2D eigenvalue weighted by Crippen LogP contribution is -2.56. The van der Waals surface area contributed by atoms with Crippen molar-refractivity contribution >= 4 is 11.6 Å². The number of allylic oxidation sites excluding steroid dienone is 3. The summed E-state index contributed by atoms with van der Waals surface area (Å²) in [5.74, 6) is 4.37. The zero-order valence-corrected chi connectivity index (χ0v) is 20.6. The van der Waals surface area contributed by atoms with E-state index >= 15 is 0 Å². The zero-order chi connectivity index (χ0) is 22.6. The van der Waals surface area contributed by atoms with Crippen LogP contribution in [0.15, 0.2) is 24.3 Å². The van der Waals surface area contributed by atoms with Gasteiger partial charge in [0.05, 0.1) is 0 Å². The maximum Gasteiger partial charge on any atom is 0.137 e. The second-order valence-corrected chi connectivity index (χ2v) is 12.2. The number of hydrogen-bond acceptors (Lipinski definition) is 2. The molecule has 0 aliphatic heterocycles. The van der Waals surface area contributed by atoms with E-state index in [1.165, 1.54) is 31.3 Å². The quantitative estimate of drug-likeness (QED) is 0.438. The molecule has 0 saturated heterocycles. The van der Waals surface area contributed by atoms with Gasteiger partial charge in [-0.05, 0) is 91.8 Å². The minimum absolute atomic E-state index is 0.00605. The van der Waals surface area contributed by atoms with Gasteiger partial charge in [-0.3, -0.25) is 9.59 Å². The molecule has 2 heteroatoms. The number of carbonyl (C=O) groups is 2. The summed E-state index contributed by atoms with van der Waals surface area (Å²) < 4.78 is 0. The topological polar surface area (TPSA) is 34.1 Å². The monoisotopic (exact) mass is 424 g/mol. The Labute approximate surface area is 190 Å². The summed E-state index contributed by atoms with van der Waals surface area (Å²) in [6.07, 6.45) is 14.0. The number of hydrogen-bond donors (Lipinski definition) is 0. The third-order valence-electron chi connectivity index (χ3n) is 10.7. The molecule has 4 saturated carbocycles. The number of Topliss-reactive ketones (excluding diaryl/α,β-unsaturated/α-hetero) is 2. The predicted octanol–water partition coefficient (Wildman–Crippen LogP) is 7.19. The van der Waals surface area contributed by atoms with E-state index in [0.717, 1.165) is 19.3 Å². The van der Waals surface area contributed by atoms with Crippen LogP contribution in [0.5, 0.6) is 0 Å². The van der Waals surface area contributed by atoms with Crippen LogP contribution < -0.4 is 0 Å². The van der Waals surface area contributed by atoms with Crippen molar-refractivity contribution in [3.8, 4) is 0 Å². The number of carbonyl (C=O) groups excluding carboxylic acids is 2. The van der Waals surface area contributed by atoms with Gasteiger partial charge in [-0.25, -0.2) is 0 Å². The highest BCUT2D eigenvalue weighted by Crippen LogP contribution is 2.67. The first-order valence-corrected chi connectivity index (χ1v) is 13.0. The van der Waals surface area contributed by atoms with Gasteiger partial charge in [0, 0.05) is 25.2 Å². The molecule has 0 N–H and O–H groups in total. The van der Waals surface area contributed by atoms with Gasteiger partial charge in [0.2, 0.25) is 0 Å².